The number of Topliss-reactive ketones (excluding diaryl/α,β-unsaturated/α-hetero) is 1. The molecule has 0 heterocycles. The minimum absolute atomic E-state index is 0.0560. The van der Waals surface area contributed by atoms with E-state index in [1.165, 1.54) is 25.7 Å². The lowest BCUT2D eigenvalue weighted by Gasteiger charge is -2.39. The molecule has 2 rings (SSSR count). The third kappa shape index (κ3) is 3.35. The number of halogens is 1. The predicted octanol–water partition coefficient (Wildman–Crippen LogP) is 4.95. The van der Waals surface area contributed by atoms with Crippen LogP contribution in [-0.2, 0) is 0 Å². The van der Waals surface area contributed by atoms with Gasteiger partial charge in [0.1, 0.15) is 0 Å². The summed E-state index contributed by atoms with van der Waals surface area (Å²) in [5.41, 5.74) is 2.18. The number of nitrogens with zero attached hydrogens (tertiary/aromatic N) is 1. The van der Waals surface area contributed by atoms with Crippen LogP contribution in [0.2, 0.25) is 5.02 Å². The fourth-order valence-corrected chi connectivity index (χ4v) is 3.29. The molecule has 0 aliphatic heterocycles. The lowest BCUT2D eigenvalue weighted by molar-refractivity contribution is 0.101. The molecule has 0 radical (unpaired) electrons. The standard InChI is InChI=1S/C17H24ClNO/c1-12(20)13-5-6-16(15(18)11-13)19(4)14-7-9-17(2,3)10-8-14/h5-6,11,14H,7-10H2,1-4H3. The van der Waals surface area contributed by atoms with Crippen LogP contribution >= 0.6 is 11.6 Å². The fraction of sp³-hybridized carbons (Fsp3) is 0.588. The summed E-state index contributed by atoms with van der Waals surface area (Å²) in [5, 5.41) is 0.671. The highest BCUT2D eigenvalue weighted by Crippen LogP contribution is 2.39. The zero-order valence-corrected chi connectivity index (χ0v) is 13.6. The summed E-state index contributed by atoms with van der Waals surface area (Å²) >= 11 is 6.35. The van der Waals surface area contributed by atoms with E-state index in [1.807, 2.05) is 12.1 Å². The second-order valence-electron chi connectivity index (χ2n) is 6.73. The van der Waals surface area contributed by atoms with Crippen LogP contribution < -0.4 is 4.90 Å². The molecule has 1 aromatic rings. The number of ketones is 1. The molecule has 2 nitrogen and oxygen atoms in total. The Labute approximate surface area is 127 Å². The molecule has 0 unspecified atom stereocenters. The molecule has 1 fully saturated rings. The number of hydrogen-bond donors (Lipinski definition) is 0. The molecule has 0 aromatic heterocycles. The maximum absolute atomic E-state index is 11.4. The van der Waals surface area contributed by atoms with Crippen molar-refractivity contribution in [1.29, 1.82) is 0 Å². The Morgan fingerprint density at radius 2 is 1.90 bits per heavy atom. The van der Waals surface area contributed by atoms with Crippen LogP contribution in [-0.4, -0.2) is 18.9 Å². The monoisotopic (exact) mass is 293 g/mol. The number of benzene rings is 1. The van der Waals surface area contributed by atoms with E-state index in [4.69, 9.17) is 11.6 Å². The second kappa shape index (κ2) is 5.77. The summed E-state index contributed by atoms with van der Waals surface area (Å²) in [6.45, 7) is 6.26. The molecule has 110 valence electrons. The normalized spacial score (nSPS) is 18.9. The van der Waals surface area contributed by atoms with Gasteiger partial charge >= 0.3 is 0 Å². The van der Waals surface area contributed by atoms with Crippen LogP contribution in [0.1, 0.15) is 56.8 Å². The van der Waals surface area contributed by atoms with E-state index in [1.54, 1.807) is 13.0 Å². The van der Waals surface area contributed by atoms with Crippen LogP contribution in [0, 0.1) is 5.41 Å². The van der Waals surface area contributed by atoms with Gasteiger partial charge in [0.2, 0.25) is 0 Å². The number of hydrogen-bond acceptors (Lipinski definition) is 2. The predicted molar refractivity (Wildman–Crippen MR) is 85.9 cm³/mol. The minimum atomic E-state index is 0.0560. The first kappa shape index (κ1) is 15.4. The Hall–Kier alpha value is -1.02. The maximum atomic E-state index is 11.4. The molecular formula is C17H24ClNO. The van der Waals surface area contributed by atoms with E-state index in [0.717, 1.165) is 5.69 Å². The zero-order chi connectivity index (χ0) is 14.9. The lowest BCUT2D eigenvalue weighted by Crippen LogP contribution is -2.37. The van der Waals surface area contributed by atoms with Crippen molar-refractivity contribution in [3.63, 3.8) is 0 Å². The molecule has 1 aliphatic rings. The Kier molecular flexibility index (Phi) is 4.43. The van der Waals surface area contributed by atoms with E-state index in [9.17, 15) is 4.79 Å². The van der Waals surface area contributed by atoms with Crippen LogP contribution in [0.15, 0.2) is 18.2 Å². The fourth-order valence-electron chi connectivity index (χ4n) is 2.98. The molecule has 0 amide bonds. The molecular weight excluding hydrogens is 270 g/mol. The van der Waals surface area contributed by atoms with Crippen LogP contribution in [0.25, 0.3) is 0 Å². The molecule has 20 heavy (non-hydrogen) atoms. The highest BCUT2D eigenvalue weighted by molar-refractivity contribution is 6.33. The van der Waals surface area contributed by atoms with Gasteiger partial charge in [-0.1, -0.05) is 25.4 Å². The highest BCUT2D eigenvalue weighted by Gasteiger charge is 2.29. The first-order valence-electron chi connectivity index (χ1n) is 7.33. The topological polar surface area (TPSA) is 20.3 Å². The van der Waals surface area contributed by atoms with Gasteiger partial charge in [-0.05, 0) is 56.2 Å². The summed E-state index contributed by atoms with van der Waals surface area (Å²) < 4.78 is 0. The van der Waals surface area contributed by atoms with Crippen molar-refractivity contribution in [2.45, 2.75) is 52.5 Å². The van der Waals surface area contributed by atoms with Gasteiger partial charge in [0.15, 0.2) is 5.78 Å². The van der Waals surface area contributed by atoms with Gasteiger partial charge < -0.3 is 4.90 Å². The third-order valence-electron chi connectivity index (χ3n) is 4.59. The summed E-state index contributed by atoms with van der Waals surface area (Å²) in [7, 11) is 2.11. The molecule has 1 saturated carbocycles. The van der Waals surface area contributed by atoms with Crippen molar-refractivity contribution in [3.8, 4) is 0 Å². The van der Waals surface area contributed by atoms with Crippen LogP contribution in [0.4, 0.5) is 5.69 Å². The number of anilines is 1. The van der Waals surface area contributed by atoms with E-state index in [0.29, 0.717) is 22.0 Å². The van der Waals surface area contributed by atoms with Crippen LogP contribution in [0.5, 0.6) is 0 Å². The van der Waals surface area contributed by atoms with E-state index in [2.05, 4.69) is 25.8 Å². The van der Waals surface area contributed by atoms with E-state index in [-0.39, 0.29) is 5.78 Å². The average Bonchev–Trinajstić information content (AvgIpc) is 2.37. The van der Waals surface area contributed by atoms with Gasteiger partial charge in [0, 0.05) is 18.7 Å². The Bertz CT molecular complexity index is 500. The van der Waals surface area contributed by atoms with Crippen molar-refractivity contribution < 1.29 is 4.79 Å². The molecule has 0 saturated heterocycles. The third-order valence-corrected chi connectivity index (χ3v) is 4.89. The van der Waals surface area contributed by atoms with Crippen molar-refractivity contribution >= 4 is 23.1 Å². The molecule has 1 aliphatic carbocycles. The zero-order valence-electron chi connectivity index (χ0n) is 12.9. The Balaban J connectivity index is 2.13. The Morgan fingerprint density at radius 1 is 1.30 bits per heavy atom. The maximum Gasteiger partial charge on any atom is 0.159 e. The van der Waals surface area contributed by atoms with E-state index < -0.39 is 0 Å². The summed E-state index contributed by atoms with van der Waals surface area (Å²) in [5.74, 6) is 0.0560. The van der Waals surface area contributed by atoms with Gasteiger partial charge in [-0.25, -0.2) is 0 Å². The van der Waals surface area contributed by atoms with Crippen molar-refractivity contribution in [3.05, 3.63) is 28.8 Å². The van der Waals surface area contributed by atoms with Crippen molar-refractivity contribution in [1.82, 2.24) is 0 Å². The van der Waals surface area contributed by atoms with Crippen molar-refractivity contribution in [2.24, 2.45) is 5.41 Å². The summed E-state index contributed by atoms with van der Waals surface area (Å²) in [4.78, 5) is 13.7. The summed E-state index contributed by atoms with van der Waals surface area (Å²) in [6, 6.07) is 6.16. The minimum Gasteiger partial charge on any atom is -0.370 e. The summed E-state index contributed by atoms with van der Waals surface area (Å²) in [6.07, 6.45) is 4.92. The average molecular weight is 294 g/mol. The molecule has 0 bridgehead atoms. The number of rotatable bonds is 3. The first-order valence-corrected chi connectivity index (χ1v) is 7.71. The van der Waals surface area contributed by atoms with Crippen LogP contribution in [0.3, 0.4) is 0 Å². The smallest absolute Gasteiger partial charge is 0.159 e. The van der Waals surface area contributed by atoms with Gasteiger partial charge in [-0.3, -0.25) is 4.79 Å². The first-order chi connectivity index (χ1) is 9.30. The molecule has 0 spiro atoms. The second-order valence-corrected chi connectivity index (χ2v) is 7.14. The molecule has 3 heteroatoms. The van der Waals surface area contributed by atoms with Gasteiger partial charge in [0.25, 0.3) is 0 Å². The molecule has 0 N–H and O–H groups in total. The molecule has 0 atom stereocenters. The SMILES string of the molecule is CC(=O)c1ccc(N(C)C2CCC(C)(C)CC2)c(Cl)c1. The van der Waals surface area contributed by atoms with Crippen molar-refractivity contribution in [2.75, 3.05) is 11.9 Å². The van der Waals surface area contributed by atoms with Gasteiger partial charge in [0.05, 0.1) is 10.7 Å². The van der Waals surface area contributed by atoms with E-state index >= 15 is 0 Å². The number of carbonyl (C=O) groups is 1. The Morgan fingerprint density at radius 3 is 2.40 bits per heavy atom. The lowest BCUT2D eigenvalue weighted by atomic mass is 9.75. The quantitative estimate of drug-likeness (QED) is 0.735. The highest BCUT2D eigenvalue weighted by atomic mass is 35.5. The molecule has 1 aromatic carbocycles. The van der Waals surface area contributed by atoms with Gasteiger partial charge in [-0.2, -0.15) is 0 Å². The van der Waals surface area contributed by atoms with Gasteiger partial charge in [-0.15, -0.1) is 0 Å². The number of carbonyl (C=O) groups excluding carboxylic acids is 1. The largest absolute Gasteiger partial charge is 0.370 e.